The maximum Gasteiger partial charge on any atom is 0.0276 e. The summed E-state index contributed by atoms with van der Waals surface area (Å²) < 4.78 is 0. The van der Waals surface area contributed by atoms with E-state index in [1.165, 1.54) is 28.3 Å². The molecular formula is C46H103N3. The average Bonchev–Trinajstić information content (AvgIpc) is 2.84. The van der Waals surface area contributed by atoms with Crippen molar-refractivity contribution in [2.45, 2.75) is 182 Å². The molecule has 0 saturated carbocycles. The third kappa shape index (κ3) is 39.1. The zero-order valence-electron chi connectivity index (χ0n) is 35.8. The monoisotopic (exact) mass is 698 g/mol. The highest BCUT2D eigenvalue weighted by molar-refractivity contribution is 5.88. The van der Waals surface area contributed by atoms with Crippen LogP contribution in [0.25, 0.3) is 0 Å². The molecule has 0 aromatic rings. The lowest BCUT2D eigenvalue weighted by Crippen LogP contribution is -2.14. The predicted molar refractivity (Wildman–Crippen MR) is 243 cm³/mol. The highest BCUT2D eigenvalue weighted by Crippen LogP contribution is 2.22. The van der Waals surface area contributed by atoms with Gasteiger partial charge in [-0.05, 0) is 73.0 Å². The van der Waals surface area contributed by atoms with Crippen LogP contribution < -0.4 is 0 Å². The van der Waals surface area contributed by atoms with Crippen molar-refractivity contribution in [3.8, 4) is 0 Å². The Kier molecular flexibility index (Phi) is 55.5. The van der Waals surface area contributed by atoms with Crippen LogP contribution >= 0.6 is 0 Å². The van der Waals surface area contributed by atoms with Crippen molar-refractivity contribution in [2.24, 2.45) is 74.2 Å². The number of hydrogen-bond donors (Lipinski definition) is 0. The minimum absolute atomic E-state index is 0. The van der Waals surface area contributed by atoms with Gasteiger partial charge >= 0.3 is 0 Å². The van der Waals surface area contributed by atoms with Crippen LogP contribution in [0.15, 0.2) is 38.3 Å². The fourth-order valence-corrected chi connectivity index (χ4v) is 6.04. The van der Waals surface area contributed by atoms with Gasteiger partial charge in [0.1, 0.15) is 0 Å². The van der Waals surface area contributed by atoms with Gasteiger partial charge < -0.3 is 0 Å². The second-order valence-electron chi connectivity index (χ2n) is 15.5. The first kappa shape index (κ1) is 69.3. The number of allylic oxidation sites excluding steroid dienone is 3. The third-order valence-electron chi connectivity index (χ3n) is 7.63. The van der Waals surface area contributed by atoms with Gasteiger partial charge in [-0.15, -0.1) is 0 Å². The molecule has 0 unspecified atom stereocenters. The highest BCUT2D eigenvalue weighted by Gasteiger charge is 2.10. The molecule has 0 aliphatic carbocycles. The zero-order valence-corrected chi connectivity index (χ0v) is 35.8. The van der Waals surface area contributed by atoms with Gasteiger partial charge in [0, 0.05) is 38.3 Å². The summed E-state index contributed by atoms with van der Waals surface area (Å²) in [5.41, 5.74) is 8.40. The molecule has 0 N–H and O–H groups in total. The highest BCUT2D eigenvalue weighted by atomic mass is 14.7. The largest absolute Gasteiger partial charge is 0.297 e. The predicted octanol–water partition coefficient (Wildman–Crippen LogP) is 16.1. The molecule has 0 spiro atoms. The molecule has 49 heavy (non-hydrogen) atoms. The Labute approximate surface area is 317 Å². The molecule has 0 amide bonds. The Hall–Kier alpha value is -1.51. The minimum Gasteiger partial charge on any atom is -0.297 e. The molecule has 0 bridgehead atoms. The van der Waals surface area contributed by atoms with E-state index in [-0.39, 0.29) is 29.7 Å². The van der Waals surface area contributed by atoms with Crippen LogP contribution in [0.3, 0.4) is 0 Å². The van der Waals surface area contributed by atoms with E-state index in [4.69, 9.17) is 0 Å². The van der Waals surface area contributed by atoms with Crippen LogP contribution in [0.5, 0.6) is 0 Å². The maximum atomic E-state index is 4.20. The maximum absolute atomic E-state index is 4.20. The molecule has 3 heteroatoms. The van der Waals surface area contributed by atoms with Gasteiger partial charge in [-0.25, -0.2) is 0 Å². The summed E-state index contributed by atoms with van der Waals surface area (Å²) >= 11 is 0. The molecule has 0 fully saturated rings. The van der Waals surface area contributed by atoms with Crippen LogP contribution in [0.2, 0.25) is 0 Å². The molecule has 0 saturated heterocycles. The fourth-order valence-electron chi connectivity index (χ4n) is 6.04. The van der Waals surface area contributed by atoms with Crippen molar-refractivity contribution in [1.82, 2.24) is 0 Å². The van der Waals surface area contributed by atoms with E-state index < -0.39 is 0 Å². The molecule has 302 valence electrons. The second kappa shape index (κ2) is 39.3. The summed E-state index contributed by atoms with van der Waals surface area (Å²) in [5.74, 6) is 6.36. The van der Waals surface area contributed by atoms with Crippen molar-refractivity contribution >= 4 is 17.1 Å². The summed E-state index contributed by atoms with van der Waals surface area (Å²) in [7, 11) is 5.61. The van der Waals surface area contributed by atoms with Gasteiger partial charge in [0.25, 0.3) is 0 Å². The van der Waals surface area contributed by atoms with Crippen LogP contribution in [-0.2, 0) is 0 Å². The van der Waals surface area contributed by atoms with Crippen molar-refractivity contribution < 1.29 is 0 Å². The summed E-state index contributed by atoms with van der Waals surface area (Å²) in [6, 6.07) is 0. The van der Waals surface area contributed by atoms with E-state index in [2.05, 4.69) is 174 Å². The minimum atomic E-state index is 0. The molecule has 3 nitrogen and oxygen atoms in total. The first-order chi connectivity index (χ1) is 20.3. The summed E-state index contributed by atoms with van der Waals surface area (Å²) in [6.45, 7) is 52.4. The molecule has 0 heterocycles. The molecular weight excluding hydrogens is 595 g/mol. The summed E-state index contributed by atoms with van der Waals surface area (Å²) in [6.07, 6.45) is 0. The van der Waals surface area contributed by atoms with E-state index in [0.717, 1.165) is 0 Å². The standard InChI is InChI=1S/C10H20.3C8H17N.C8H16.4CH4/c1-7(2)10(8(3)4)9(5)6;3*1-6(2)8(9-5)7(3)4;1-6(2)8(5)7(3)4;;;;/h7-8H,1-6H3;3*6-7H,1-5H3;6-7H,5H2,1-4H3;4*1H4. The van der Waals surface area contributed by atoms with Crippen molar-refractivity contribution in [2.75, 3.05) is 21.1 Å². The first-order valence-electron chi connectivity index (χ1n) is 18.0. The molecule has 0 atom stereocenters. The van der Waals surface area contributed by atoms with E-state index in [1.807, 2.05) is 21.1 Å². The normalized spacial score (nSPS) is 9.78. The van der Waals surface area contributed by atoms with Gasteiger partial charge in [-0.2, -0.15) is 0 Å². The van der Waals surface area contributed by atoms with Crippen LogP contribution in [-0.4, -0.2) is 38.3 Å². The number of aliphatic imine (C=N–C) groups is 3. The van der Waals surface area contributed by atoms with Crippen molar-refractivity contribution in [3.63, 3.8) is 0 Å². The van der Waals surface area contributed by atoms with E-state index in [9.17, 15) is 0 Å². The smallest absolute Gasteiger partial charge is 0.0276 e. The third-order valence-corrected chi connectivity index (χ3v) is 7.63. The van der Waals surface area contributed by atoms with E-state index in [1.54, 1.807) is 5.57 Å². The van der Waals surface area contributed by atoms with Crippen molar-refractivity contribution in [3.05, 3.63) is 23.3 Å². The number of nitrogens with zero attached hydrogens (tertiary/aromatic N) is 3. The van der Waals surface area contributed by atoms with Gasteiger partial charge in [-0.3, -0.25) is 15.0 Å². The Morgan fingerprint density at radius 1 is 0.327 bits per heavy atom. The van der Waals surface area contributed by atoms with Crippen LogP contribution in [0.4, 0.5) is 0 Å². The molecule has 0 rings (SSSR count). The molecule has 0 aromatic carbocycles. The molecule has 0 aliphatic heterocycles. The van der Waals surface area contributed by atoms with Crippen LogP contribution in [0, 0.1) is 59.2 Å². The number of hydrogen-bond acceptors (Lipinski definition) is 3. The van der Waals surface area contributed by atoms with E-state index in [0.29, 0.717) is 59.2 Å². The lowest BCUT2D eigenvalue weighted by atomic mass is 9.89. The lowest BCUT2D eigenvalue weighted by molar-refractivity contribution is 0.615. The molecule has 0 aromatic heterocycles. The van der Waals surface area contributed by atoms with Gasteiger partial charge in [-0.1, -0.05) is 191 Å². The first-order valence-corrected chi connectivity index (χ1v) is 18.0. The van der Waals surface area contributed by atoms with Gasteiger partial charge in [0.05, 0.1) is 0 Å². The van der Waals surface area contributed by atoms with Crippen LogP contribution in [0.1, 0.15) is 182 Å². The Bertz CT molecular complexity index is 719. The SMILES string of the molecule is C.C.C.C.C=C(C(C)C)C(C)C.CC(C)=C(C(C)C)C(C)C.CN=C(C(C)C)C(C)C.CN=C(C(C)C)C(C)C.CN=C(C(C)C)C(C)C. The van der Waals surface area contributed by atoms with E-state index >= 15 is 0 Å². The summed E-state index contributed by atoms with van der Waals surface area (Å²) in [4.78, 5) is 12.6. The second-order valence-corrected chi connectivity index (χ2v) is 15.5. The molecule has 0 aliphatic rings. The fraction of sp³-hybridized carbons (Fsp3) is 0.848. The van der Waals surface area contributed by atoms with Crippen molar-refractivity contribution in [1.29, 1.82) is 0 Å². The Morgan fingerprint density at radius 2 is 0.490 bits per heavy atom. The van der Waals surface area contributed by atoms with Gasteiger partial charge in [0.2, 0.25) is 0 Å². The topological polar surface area (TPSA) is 37.1 Å². The quantitative estimate of drug-likeness (QED) is 0.161. The zero-order chi connectivity index (χ0) is 37.4. The lowest BCUT2D eigenvalue weighted by Gasteiger charge is -2.17. The summed E-state index contributed by atoms with van der Waals surface area (Å²) in [5, 5.41) is 0. The van der Waals surface area contributed by atoms with Gasteiger partial charge in [0.15, 0.2) is 0 Å². The molecule has 0 radical (unpaired) electrons. The average molecular weight is 698 g/mol. The Morgan fingerprint density at radius 3 is 0.490 bits per heavy atom. The number of rotatable bonds is 10. The Balaban J connectivity index is -0.0000000572.